The Morgan fingerprint density at radius 3 is 2.42 bits per heavy atom. The zero-order valence-electron chi connectivity index (χ0n) is 13.2. The molecule has 0 saturated heterocycles. The lowest BCUT2D eigenvalue weighted by Gasteiger charge is -2.24. The molecule has 1 heterocycles. The fraction of sp³-hybridized carbons (Fsp3) is 0.389. The number of aromatic nitrogens is 2. The van der Waals surface area contributed by atoms with Gasteiger partial charge in [0.2, 0.25) is 0 Å². The van der Waals surface area contributed by atoms with E-state index in [2.05, 4.69) is 0 Å². The van der Waals surface area contributed by atoms with Gasteiger partial charge in [0.15, 0.2) is 0 Å². The van der Waals surface area contributed by atoms with E-state index < -0.39 is 5.56 Å². The molecule has 0 radical (unpaired) electrons. The van der Waals surface area contributed by atoms with Crippen LogP contribution in [-0.2, 0) is 6.54 Å². The molecule has 24 heavy (non-hydrogen) atoms. The van der Waals surface area contributed by atoms with Gasteiger partial charge in [0, 0.05) is 17.3 Å². The van der Waals surface area contributed by atoms with E-state index in [0.717, 1.165) is 35.8 Å². The second-order valence-electron chi connectivity index (χ2n) is 6.15. The minimum atomic E-state index is -0.537. The number of hydrogen-bond donors (Lipinski definition) is 0. The number of nitriles is 1. The molecule has 1 saturated carbocycles. The van der Waals surface area contributed by atoms with Gasteiger partial charge in [-0.25, -0.2) is 4.79 Å². The maximum atomic E-state index is 12.8. The molecule has 0 spiro atoms. The zero-order valence-corrected chi connectivity index (χ0v) is 14.0. The summed E-state index contributed by atoms with van der Waals surface area (Å²) in [5, 5.41) is 9.86. The van der Waals surface area contributed by atoms with Crippen LogP contribution in [0.1, 0.15) is 49.3 Å². The normalized spacial score (nSPS) is 15.2. The van der Waals surface area contributed by atoms with Gasteiger partial charge in [-0.05, 0) is 30.5 Å². The van der Waals surface area contributed by atoms with Gasteiger partial charge in [0.05, 0.1) is 6.54 Å². The topological polar surface area (TPSA) is 67.8 Å². The summed E-state index contributed by atoms with van der Waals surface area (Å²) in [5.41, 5.74) is -0.0802. The van der Waals surface area contributed by atoms with Crippen LogP contribution in [0.2, 0.25) is 5.02 Å². The molecule has 5 nitrogen and oxygen atoms in total. The van der Waals surface area contributed by atoms with E-state index >= 15 is 0 Å². The third-order valence-corrected chi connectivity index (χ3v) is 4.79. The van der Waals surface area contributed by atoms with Crippen LogP contribution in [-0.4, -0.2) is 9.13 Å². The van der Waals surface area contributed by atoms with Crippen molar-refractivity contribution in [1.29, 1.82) is 5.26 Å². The Labute approximate surface area is 144 Å². The van der Waals surface area contributed by atoms with Crippen molar-refractivity contribution in [2.24, 2.45) is 0 Å². The number of benzene rings is 1. The van der Waals surface area contributed by atoms with Crippen molar-refractivity contribution in [3.8, 4) is 6.07 Å². The Bertz CT molecular complexity index is 884. The summed E-state index contributed by atoms with van der Waals surface area (Å²) in [6.45, 7) is 0.136. The summed E-state index contributed by atoms with van der Waals surface area (Å²) in [4.78, 5) is 25.2. The van der Waals surface area contributed by atoms with Crippen LogP contribution in [0.3, 0.4) is 0 Å². The average molecular weight is 344 g/mol. The summed E-state index contributed by atoms with van der Waals surface area (Å²) in [6, 6.07) is 8.98. The lowest BCUT2D eigenvalue weighted by molar-refractivity contribution is 0.335. The highest BCUT2D eigenvalue weighted by molar-refractivity contribution is 6.30. The van der Waals surface area contributed by atoms with Crippen molar-refractivity contribution in [2.45, 2.75) is 44.7 Å². The second-order valence-corrected chi connectivity index (χ2v) is 6.59. The van der Waals surface area contributed by atoms with Gasteiger partial charge < -0.3 is 0 Å². The largest absolute Gasteiger partial charge is 0.331 e. The molecule has 3 rings (SSSR count). The molecule has 1 fully saturated rings. The Kier molecular flexibility index (Phi) is 4.86. The van der Waals surface area contributed by atoms with Gasteiger partial charge in [-0.15, -0.1) is 0 Å². The summed E-state index contributed by atoms with van der Waals surface area (Å²) in [7, 11) is 0. The Balaban J connectivity index is 2.07. The molecule has 1 aliphatic carbocycles. The van der Waals surface area contributed by atoms with Gasteiger partial charge in [-0.3, -0.25) is 13.9 Å². The van der Waals surface area contributed by atoms with Crippen LogP contribution >= 0.6 is 11.6 Å². The smallest absolute Gasteiger partial charge is 0.296 e. The first-order chi connectivity index (χ1) is 11.6. The van der Waals surface area contributed by atoms with E-state index in [0.29, 0.717) is 5.02 Å². The number of hydrogen-bond acceptors (Lipinski definition) is 3. The van der Waals surface area contributed by atoms with Crippen LogP contribution in [0.25, 0.3) is 0 Å². The zero-order chi connectivity index (χ0) is 17.1. The van der Waals surface area contributed by atoms with E-state index in [1.807, 2.05) is 6.07 Å². The number of rotatable bonds is 3. The highest BCUT2D eigenvalue weighted by Crippen LogP contribution is 2.26. The van der Waals surface area contributed by atoms with Gasteiger partial charge in [-0.2, -0.15) is 5.26 Å². The molecule has 0 atom stereocenters. The lowest BCUT2D eigenvalue weighted by atomic mass is 9.95. The van der Waals surface area contributed by atoms with Gasteiger partial charge >= 0.3 is 5.69 Å². The van der Waals surface area contributed by atoms with Crippen LogP contribution in [0.15, 0.2) is 40.1 Å². The fourth-order valence-corrected chi connectivity index (χ4v) is 3.36. The third-order valence-electron chi connectivity index (χ3n) is 4.54. The maximum absolute atomic E-state index is 12.8. The molecular weight excluding hydrogens is 326 g/mol. The van der Waals surface area contributed by atoms with Crippen LogP contribution in [0.5, 0.6) is 0 Å². The fourth-order valence-electron chi connectivity index (χ4n) is 3.23. The molecule has 0 amide bonds. The predicted octanol–water partition coefficient (Wildman–Crippen LogP) is 3.09. The number of nitrogens with zero attached hydrogens (tertiary/aromatic N) is 3. The first-order valence-corrected chi connectivity index (χ1v) is 8.48. The first kappa shape index (κ1) is 16.5. The van der Waals surface area contributed by atoms with E-state index in [1.165, 1.54) is 12.6 Å². The molecule has 124 valence electrons. The summed E-state index contributed by atoms with van der Waals surface area (Å²) in [6.07, 6.45) is 6.54. The van der Waals surface area contributed by atoms with Crippen molar-refractivity contribution < 1.29 is 0 Å². The monoisotopic (exact) mass is 343 g/mol. The quantitative estimate of drug-likeness (QED) is 0.860. The van der Waals surface area contributed by atoms with Crippen molar-refractivity contribution >= 4 is 11.6 Å². The molecule has 1 aromatic heterocycles. The molecule has 0 aliphatic heterocycles. The van der Waals surface area contributed by atoms with Crippen molar-refractivity contribution in [2.75, 3.05) is 0 Å². The number of halogens is 1. The average Bonchev–Trinajstić information content (AvgIpc) is 2.61. The molecular formula is C18H18ClN3O2. The van der Waals surface area contributed by atoms with Crippen molar-refractivity contribution in [3.63, 3.8) is 0 Å². The SMILES string of the molecule is N#Cc1cn(C2CCCCC2)c(=O)n(Cc2ccc(Cl)cc2)c1=O. The Morgan fingerprint density at radius 1 is 1.12 bits per heavy atom. The molecule has 6 heteroatoms. The standard InChI is InChI=1S/C18H18ClN3O2/c19-15-8-6-13(7-9-15)11-22-17(23)14(10-20)12-21(18(22)24)16-4-2-1-3-5-16/h6-9,12,16H,1-5,11H2. The predicted molar refractivity (Wildman–Crippen MR) is 92.4 cm³/mol. The molecule has 0 bridgehead atoms. The van der Waals surface area contributed by atoms with E-state index in [4.69, 9.17) is 11.6 Å². The van der Waals surface area contributed by atoms with Gasteiger partial charge in [0.25, 0.3) is 5.56 Å². The molecule has 0 unspecified atom stereocenters. The maximum Gasteiger partial charge on any atom is 0.331 e. The third kappa shape index (κ3) is 3.29. The molecule has 1 aromatic carbocycles. The summed E-state index contributed by atoms with van der Waals surface area (Å²) < 4.78 is 2.73. The van der Waals surface area contributed by atoms with Crippen molar-refractivity contribution in [1.82, 2.24) is 9.13 Å². The van der Waals surface area contributed by atoms with Crippen LogP contribution < -0.4 is 11.2 Å². The minimum Gasteiger partial charge on any atom is -0.296 e. The Hall–Kier alpha value is -2.32. The summed E-state index contributed by atoms with van der Waals surface area (Å²) in [5.74, 6) is 0. The molecule has 1 aliphatic rings. The van der Waals surface area contributed by atoms with Crippen LogP contribution in [0.4, 0.5) is 0 Å². The van der Waals surface area contributed by atoms with Gasteiger partial charge in [0.1, 0.15) is 11.6 Å². The van der Waals surface area contributed by atoms with Crippen molar-refractivity contribution in [3.05, 3.63) is 67.4 Å². The van der Waals surface area contributed by atoms with E-state index in [9.17, 15) is 14.9 Å². The van der Waals surface area contributed by atoms with E-state index in [-0.39, 0.29) is 23.8 Å². The molecule has 0 N–H and O–H groups in total. The minimum absolute atomic E-state index is 0.00846. The second kappa shape index (κ2) is 7.06. The highest BCUT2D eigenvalue weighted by atomic mass is 35.5. The highest BCUT2D eigenvalue weighted by Gasteiger charge is 2.20. The summed E-state index contributed by atoms with van der Waals surface area (Å²) >= 11 is 5.87. The molecule has 2 aromatic rings. The first-order valence-electron chi connectivity index (χ1n) is 8.10. The lowest BCUT2D eigenvalue weighted by Crippen LogP contribution is -2.42. The van der Waals surface area contributed by atoms with Crippen LogP contribution in [0, 0.1) is 11.3 Å². The van der Waals surface area contributed by atoms with E-state index in [1.54, 1.807) is 28.8 Å². The Morgan fingerprint density at radius 2 is 1.79 bits per heavy atom. The van der Waals surface area contributed by atoms with Gasteiger partial charge in [-0.1, -0.05) is 43.0 Å².